The number of thioether (sulfide) groups is 1. The van der Waals surface area contributed by atoms with Gasteiger partial charge in [-0.1, -0.05) is 23.9 Å². The number of carbonyl (C=O) groups is 3. The molecule has 1 fully saturated rings. The van der Waals surface area contributed by atoms with Gasteiger partial charge in [0, 0.05) is 13.6 Å². The monoisotopic (exact) mass is 326 g/mol. The van der Waals surface area contributed by atoms with Crippen molar-refractivity contribution >= 4 is 34.8 Å². The van der Waals surface area contributed by atoms with Crippen LogP contribution in [0.5, 0.6) is 0 Å². The zero-order chi connectivity index (χ0) is 16.3. The first-order valence-electron chi connectivity index (χ1n) is 6.72. The van der Waals surface area contributed by atoms with E-state index in [2.05, 4.69) is 15.0 Å². The van der Waals surface area contributed by atoms with Crippen molar-refractivity contribution in [1.29, 1.82) is 0 Å². The smallest absolute Gasteiger partial charge is 0.325 e. The molecule has 2 atom stereocenters. The first-order valence-corrected chi connectivity index (χ1v) is 7.71. The van der Waals surface area contributed by atoms with E-state index < -0.39 is 18.2 Å². The molecule has 0 saturated carbocycles. The van der Waals surface area contributed by atoms with Crippen LogP contribution in [0.3, 0.4) is 0 Å². The maximum atomic E-state index is 12.1. The van der Waals surface area contributed by atoms with Crippen molar-refractivity contribution in [2.24, 2.45) is 4.99 Å². The molecule has 0 aromatic rings. The maximum absolute atomic E-state index is 12.1. The van der Waals surface area contributed by atoms with Crippen LogP contribution in [0.4, 0.5) is 4.79 Å². The van der Waals surface area contributed by atoms with Gasteiger partial charge in [-0.2, -0.15) is 0 Å². The van der Waals surface area contributed by atoms with Crippen molar-refractivity contribution in [3.8, 4) is 0 Å². The number of imide groups is 1. The number of nitrogens with zero attached hydrogens (tertiary/aromatic N) is 3. The molecule has 0 bridgehead atoms. The van der Waals surface area contributed by atoms with Crippen LogP contribution in [-0.2, 0) is 14.3 Å². The van der Waals surface area contributed by atoms with Gasteiger partial charge in [0.15, 0.2) is 17.4 Å². The Hall–Kier alpha value is -2.03. The standard InChI is InChI=1S/C13H18N4O4S/c1-4-5-6-17-9-10(16(2)12(20)15-11(9)19)14-13(17)22-7-8(18)21-3/h4-5,9-10H,6-7H2,1-3H3,(H,15,19,20)/b5-4+. The zero-order valence-corrected chi connectivity index (χ0v) is 13.4. The van der Waals surface area contributed by atoms with E-state index in [4.69, 9.17) is 0 Å². The SMILES string of the molecule is C/C=C/CN1C(SCC(=O)OC)=NC2C1C(=O)NC(=O)N2C. The van der Waals surface area contributed by atoms with Crippen LogP contribution < -0.4 is 5.32 Å². The van der Waals surface area contributed by atoms with Crippen LogP contribution in [-0.4, -0.2) is 71.5 Å². The van der Waals surface area contributed by atoms with Gasteiger partial charge >= 0.3 is 12.0 Å². The Morgan fingerprint density at radius 1 is 1.50 bits per heavy atom. The molecule has 0 aliphatic carbocycles. The van der Waals surface area contributed by atoms with E-state index in [1.54, 1.807) is 11.9 Å². The second-order valence-electron chi connectivity index (χ2n) is 4.76. The Morgan fingerprint density at radius 2 is 2.23 bits per heavy atom. The largest absolute Gasteiger partial charge is 0.468 e. The maximum Gasteiger partial charge on any atom is 0.325 e. The van der Waals surface area contributed by atoms with Gasteiger partial charge in [0.05, 0.1) is 12.9 Å². The Morgan fingerprint density at radius 3 is 2.86 bits per heavy atom. The van der Waals surface area contributed by atoms with Crippen LogP contribution in [0.25, 0.3) is 0 Å². The van der Waals surface area contributed by atoms with Gasteiger partial charge < -0.3 is 14.5 Å². The van der Waals surface area contributed by atoms with E-state index in [1.807, 2.05) is 19.1 Å². The molecule has 2 rings (SSSR count). The summed E-state index contributed by atoms with van der Waals surface area (Å²) >= 11 is 1.20. The van der Waals surface area contributed by atoms with Crippen LogP contribution in [0.15, 0.2) is 17.1 Å². The molecule has 0 spiro atoms. The summed E-state index contributed by atoms with van der Waals surface area (Å²) in [5.41, 5.74) is 0. The minimum absolute atomic E-state index is 0.0976. The fourth-order valence-electron chi connectivity index (χ4n) is 2.21. The molecule has 1 saturated heterocycles. The van der Waals surface area contributed by atoms with Crippen LogP contribution >= 0.6 is 11.8 Å². The highest BCUT2D eigenvalue weighted by atomic mass is 32.2. The van der Waals surface area contributed by atoms with Gasteiger partial charge in [0.25, 0.3) is 5.91 Å². The zero-order valence-electron chi connectivity index (χ0n) is 12.6. The van der Waals surface area contributed by atoms with Crippen LogP contribution in [0, 0.1) is 0 Å². The van der Waals surface area contributed by atoms with E-state index in [9.17, 15) is 14.4 Å². The third-order valence-electron chi connectivity index (χ3n) is 3.41. The van der Waals surface area contributed by atoms with E-state index in [0.29, 0.717) is 11.7 Å². The van der Waals surface area contributed by atoms with E-state index in [0.717, 1.165) is 0 Å². The number of aliphatic imine (C=N–C) groups is 1. The average molecular weight is 326 g/mol. The first-order chi connectivity index (χ1) is 10.5. The molecule has 120 valence electrons. The quantitative estimate of drug-likeness (QED) is 0.578. The van der Waals surface area contributed by atoms with E-state index in [-0.39, 0.29) is 17.6 Å². The van der Waals surface area contributed by atoms with Crippen molar-refractivity contribution in [3.05, 3.63) is 12.2 Å². The molecule has 0 aromatic carbocycles. The molecule has 2 heterocycles. The molecule has 2 unspecified atom stereocenters. The van der Waals surface area contributed by atoms with Crippen molar-refractivity contribution in [1.82, 2.24) is 15.1 Å². The number of carbonyl (C=O) groups excluding carboxylic acids is 3. The topological polar surface area (TPSA) is 91.3 Å². The summed E-state index contributed by atoms with van der Waals surface area (Å²) in [6, 6.07) is -1.06. The predicted molar refractivity (Wildman–Crippen MR) is 82.3 cm³/mol. The number of methoxy groups -OCH3 is 1. The first kappa shape index (κ1) is 16.3. The lowest BCUT2D eigenvalue weighted by Crippen LogP contribution is -2.63. The highest BCUT2D eigenvalue weighted by molar-refractivity contribution is 8.14. The van der Waals surface area contributed by atoms with Gasteiger partial charge in [-0.25, -0.2) is 9.79 Å². The highest BCUT2D eigenvalue weighted by Crippen LogP contribution is 2.28. The Kier molecular flexibility index (Phi) is 5.07. The normalized spacial score (nSPS) is 24.4. The summed E-state index contributed by atoms with van der Waals surface area (Å²) in [6.45, 7) is 2.35. The Bertz CT molecular complexity index is 548. The molecule has 8 nitrogen and oxygen atoms in total. The minimum Gasteiger partial charge on any atom is -0.468 e. The minimum atomic E-state index is -0.584. The number of allylic oxidation sites excluding steroid dienone is 1. The fourth-order valence-corrected chi connectivity index (χ4v) is 3.12. The molecule has 0 aromatic heterocycles. The van der Waals surface area contributed by atoms with Crippen molar-refractivity contribution in [2.75, 3.05) is 26.5 Å². The number of fused-ring (bicyclic) bond motifs is 1. The number of amidine groups is 1. The van der Waals surface area contributed by atoms with E-state index in [1.165, 1.54) is 23.8 Å². The molecule has 2 aliphatic heterocycles. The number of rotatable bonds is 4. The molecule has 22 heavy (non-hydrogen) atoms. The third-order valence-corrected chi connectivity index (χ3v) is 4.39. The molecule has 2 aliphatic rings. The Balaban J connectivity index is 2.22. The number of amides is 3. The van der Waals surface area contributed by atoms with Crippen molar-refractivity contribution in [2.45, 2.75) is 19.1 Å². The lowest BCUT2D eigenvalue weighted by molar-refractivity contribution is -0.137. The summed E-state index contributed by atoms with van der Waals surface area (Å²) < 4.78 is 4.61. The van der Waals surface area contributed by atoms with Gasteiger partial charge in [-0.3, -0.25) is 14.9 Å². The number of likely N-dealkylation sites (N-methyl/N-ethyl adjacent to an activating group) is 1. The number of hydrogen-bond acceptors (Lipinski definition) is 7. The molecule has 0 radical (unpaired) electrons. The third kappa shape index (κ3) is 3.08. The molecule has 9 heteroatoms. The van der Waals surface area contributed by atoms with Gasteiger partial charge in [-0.05, 0) is 6.92 Å². The average Bonchev–Trinajstić information content (AvgIpc) is 2.87. The molecule has 3 amide bonds. The van der Waals surface area contributed by atoms with Crippen LogP contribution in [0.2, 0.25) is 0 Å². The Labute approximate surface area is 132 Å². The summed E-state index contributed by atoms with van der Waals surface area (Å²) in [6.07, 6.45) is 3.18. The van der Waals surface area contributed by atoms with Crippen molar-refractivity contribution < 1.29 is 19.1 Å². The summed E-state index contributed by atoms with van der Waals surface area (Å²) in [4.78, 5) is 42.8. The molecular weight excluding hydrogens is 308 g/mol. The number of esters is 1. The van der Waals surface area contributed by atoms with Gasteiger partial charge in [0.1, 0.15) is 0 Å². The number of ether oxygens (including phenoxy) is 1. The summed E-state index contributed by atoms with van der Waals surface area (Å²) in [7, 11) is 2.90. The number of urea groups is 1. The second kappa shape index (κ2) is 6.82. The highest BCUT2D eigenvalue weighted by Gasteiger charge is 2.48. The lowest BCUT2D eigenvalue weighted by atomic mass is 10.1. The second-order valence-corrected chi connectivity index (χ2v) is 5.70. The summed E-state index contributed by atoms with van der Waals surface area (Å²) in [5, 5.41) is 2.86. The predicted octanol–water partition coefficient (Wildman–Crippen LogP) is 0.0166. The van der Waals surface area contributed by atoms with Crippen LogP contribution in [0.1, 0.15) is 6.92 Å². The van der Waals surface area contributed by atoms with E-state index >= 15 is 0 Å². The molecular formula is C13H18N4O4S. The lowest BCUT2D eigenvalue weighted by Gasteiger charge is -2.35. The fraction of sp³-hybridized carbons (Fsp3) is 0.538. The number of hydrogen-bond donors (Lipinski definition) is 1. The van der Waals surface area contributed by atoms with Gasteiger partial charge in [-0.15, -0.1) is 0 Å². The van der Waals surface area contributed by atoms with Crippen molar-refractivity contribution in [3.63, 3.8) is 0 Å². The molecule has 1 N–H and O–H groups in total. The number of nitrogens with one attached hydrogen (secondary N) is 1. The van der Waals surface area contributed by atoms with Gasteiger partial charge in [0.2, 0.25) is 0 Å². The summed E-state index contributed by atoms with van der Waals surface area (Å²) in [5.74, 6) is -0.655.